The highest BCUT2D eigenvalue weighted by Gasteiger charge is 2.19. The number of aromatic nitrogens is 2. The number of carbonyl (C=O) groups is 2. The van der Waals surface area contributed by atoms with Gasteiger partial charge in [0.1, 0.15) is 4.83 Å². The van der Waals surface area contributed by atoms with Crippen molar-refractivity contribution in [3.8, 4) is 0 Å². The summed E-state index contributed by atoms with van der Waals surface area (Å²) in [6, 6.07) is 7.08. The highest BCUT2D eigenvalue weighted by molar-refractivity contribution is 7.16. The smallest absolute Gasteiger partial charge is 0.308 e. The van der Waals surface area contributed by atoms with Crippen LogP contribution in [0.4, 0.5) is 11.4 Å². The van der Waals surface area contributed by atoms with E-state index in [1.807, 2.05) is 0 Å². The van der Waals surface area contributed by atoms with E-state index in [1.54, 1.807) is 11.4 Å². The number of benzene rings is 1. The van der Waals surface area contributed by atoms with Crippen LogP contribution >= 0.6 is 11.3 Å². The van der Waals surface area contributed by atoms with Crippen LogP contribution in [0.1, 0.15) is 13.3 Å². The van der Waals surface area contributed by atoms with E-state index >= 15 is 0 Å². The number of carbonyl (C=O) groups excluding carboxylic acids is 2. The van der Waals surface area contributed by atoms with Gasteiger partial charge in [-0.1, -0.05) is 6.07 Å². The summed E-state index contributed by atoms with van der Waals surface area (Å²) < 4.78 is 6.39. The van der Waals surface area contributed by atoms with Gasteiger partial charge in [-0.3, -0.25) is 29.1 Å². The number of hydrogen-bond donors (Lipinski definition) is 1. The Morgan fingerprint density at radius 2 is 2.17 bits per heavy atom. The van der Waals surface area contributed by atoms with Gasteiger partial charge in [-0.15, -0.1) is 11.3 Å². The molecule has 1 atom stereocenters. The second-order valence-electron chi connectivity index (χ2n) is 6.06. The summed E-state index contributed by atoms with van der Waals surface area (Å²) in [5, 5.41) is 15.5. The van der Waals surface area contributed by atoms with Crippen LogP contribution in [0.5, 0.6) is 0 Å². The Bertz CT molecular complexity index is 1140. The number of nitro benzene ring substituents is 1. The van der Waals surface area contributed by atoms with E-state index in [2.05, 4.69) is 10.3 Å². The van der Waals surface area contributed by atoms with Crippen molar-refractivity contribution in [3.63, 3.8) is 0 Å². The lowest BCUT2D eigenvalue weighted by molar-refractivity contribution is -0.384. The molecule has 10 nitrogen and oxygen atoms in total. The fourth-order valence-electron chi connectivity index (χ4n) is 2.52. The number of rotatable bonds is 7. The van der Waals surface area contributed by atoms with Crippen molar-refractivity contribution in [1.82, 2.24) is 9.55 Å². The fraction of sp³-hybridized carbons (Fsp3) is 0.222. The summed E-state index contributed by atoms with van der Waals surface area (Å²) in [5.74, 6) is -1.29. The van der Waals surface area contributed by atoms with Gasteiger partial charge in [-0.2, -0.15) is 0 Å². The number of thiophene rings is 1. The highest BCUT2D eigenvalue weighted by Crippen LogP contribution is 2.17. The van der Waals surface area contributed by atoms with Gasteiger partial charge >= 0.3 is 5.97 Å². The van der Waals surface area contributed by atoms with Crippen LogP contribution in [-0.2, 0) is 20.9 Å². The number of non-ortho nitro benzene ring substituents is 1. The van der Waals surface area contributed by atoms with E-state index in [0.29, 0.717) is 10.2 Å². The van der Waals surface area contributed by atoms with E-state index in [1.165, 1.54) is 53.4 Å². The molecule has 2 heterocycles. The average Bonchev–Trinajstić information content (AvgIpc) is 3.17. The van der Waals surface area contributed by atoms with Gasteiger partial charge < -0.3 is 10.1 Å². The van der Waals surface area contributed by atoms with E-state index in [-0.39, 0.29) is 29.9 Å². The Kier molecular flexibility index (Phi) is 5.98. The second-order valence-corrected chi connectivity index (χ2v) is 6.96. The summed E-state index contributed by atoms with van der Waals surface area (Å²) in [7, 11) is 0. The predicted molar refractivity (Wildman–Crippen MR) is 106 cm³/mol. The highest BCUT2D eigenvalue weighted by atomic mass is 32.1. The molecule has 0 spiro atoms. The molecule has 0 saturated carbocycles. The number of nitro groups is 1. The molecule has 0 radical (unpaired) electrons. The number of ether oxygens (including phenoxy) is 1. The molecule has 0 bridgehead atoms. The Hall–Kier alpha value is -3.60. The molecule has 1 N–H and O–H groups in total. The largest absolute Gasteiger partial charge is 0.452 e. The zero-order chi connectivity index (χ0) is 21.0. The maximum absolute atomic E-state index is 12.3. The number of anilines is 1. The number of fused-ring (bicyclic) bond motifs is 1. The molecule has 2 aromatic heterocycles. The number of esters is 1. The predicted octanol–water partition coefficient (Wildman–Crippen LogP) is 2.33. The SMILES string of the molecule is CC(OC(=O)CCn1cnc2sccc2c1=O)C(=O)Nc1cccc([N+](=O)[O-])c1. The van der Waals surface area contributed by atoms with Gasteiger partial charge in [0.15, 0.2) is 6.10 Å². The first-order valence-electron chi connectivity index (χ1n) is 8.52. The Morgan fingerprint density at radius 3 is 2.93 bits per heavy atom. The topological polar surface area (TPSA) is 133 Å². The van der Waals surface area contributed by atoms with Gasteiger partial charge in [-0.05, 0) is 24.4 Å². The van der Waals surface area contributed by atoms with E-state index in [0.717, 1.165) is 0 Å². The van der Waals surface area contributed by atoms with Crippen LogP contribution in [0.25, 0.3) is 10.2 Å². The molecular formula is C18H16N4O6S. The van der Waals surface area contributed by atoms with Gasteiger partial charge in [0.05, 0.1) is 23.1 Å². The van der Waals surface area contributed by atoms with Gasteiger partial charge in [-0.25, -0.2) is 4.98 Å². The van der Waals surface area contributed by atoms with Crippen LogP contribution in [0.15, 0.2) is 46.8 Å². The zero-order valence-corrected chi connectivity index (χ0v) is 16.0. The van der Waals surface area contributed by atoms with Crippen molar-refractivity contribution in [2.75, 3.05) is 5.32 Å². The van der Waals surface area contributed by atoms with E-state index < -0.39 is 22.9 Å². The second kappa shape index (κ2) is 8.61. The van der Waals surface area contributed by atoms with Crippen molar-refractivity contribution in [2.45, 2.75) is 26.0 Å². The zero-order valence-electron chi connectivity index (χ0n) is 15.2. The Morgan fingerprint density at radius 1 is 1.38 bits per heavy atom. The third-order valence-electron chi connectivity index (χ3n) is 4.01. The van der Waals surface area contributed by atoms with Crippen molar-refractivity contribution in [1.29, 1.82) is 0 Å². The maximum Gasteiger partial charge on any atom is 0.308 e. The van der Waals surface area contributed by atoms with Gasteiger partial charge in [0.25, 0.3) is 17.2 Å². The molecule has 3 aromatic rings. The molecule has 11 heteroatoms. The molecule has 1 unspecified atom stereocenters. The molecule has 0 aliphatic rings. The first-order chi connectivity index (χ1) is 13.8. The first-order valence-corrected chi connectivity index (χ1v) is 9.40. The minimum absolute atomic E-state index is 0.0652. The summed E-state index contributed by atoms with van der Waals surface area (Å²) in [6.07, 6.45) is 0.134. The molecule has 0 fully saturated rings. The summed E-state index contributed by atoms with van der Waals surface area (Å²) in [6.45, 7) is 1.45. The number of hydrogen-bond acceptors (Lipinski definition) is 8. The normalized spacial score (nSPS) is 11.8. The van der Waals surface area contributed by atoms with Crippen LogP contribution in [0.2, 0.25) is 0 Å². The van der Waals surface area contributed by atoms with Crippen molar-refractivity contribution in [3.05, 3.63) is 62.5 Å². The van der Waals surface area contributed by atoms with E-state index in [4.69, 9.17) is 4.74 Å². The molecule has 3 rings (SSSR count). The third-order valence-corrected chi connectivity index (χ3v) is 4.83. The van der Waals surface area contributed by atoms with Crippen molar-refractivity contribution < 1.29 is 19.2 Å². The molecule has 0 aliphatic carbocycles. The van der Waals surface area contributed by atoms with Gasteiger partial charge in [0, 0.05) is 24.4 Å². The molecule has 29 heavy (non-hydrogen) atoms. The third kappa shape index (κ3) is 4.82. The van der Waals surface area contributed by atoms with Crippen molar-refractivity contribution >= 4 is 44.8 Å². The molecule has 1 amide bonds. The van der Waals surface area contributed by atoms with Crippen LogP contribution < -0.4 is 10.9 Å². The number of aryl methyl sites for hydroxylation is 1. The molecule has 0 aliphatic heterocycles. The Balaban J connectivity index is 1.55. The minimum atomic E-state index is -1.11. The summed E-state index contributed by atoms with van der Waals surface area (Å²) in [5.41, 5.74) is -0.205. The lowest BCUT2D eigenvalue weighted by atomic mass is 10.2. The molecular weight excluding hydrogens is 400 g/mol. The van der Waals surface area contributed by atoms with Crippen molar-refractivity contribution in [2.24, 2.45) is 0 Å². The summed E-state index contributed by atoms with van der Waals surface area (Å²) >= 11 is 1.35. The fourth-order valence-corrected chi connectivity index (χ4v) is 3.24. The Labute approximate surface area is 167 Å². The van der Waals surface area contributed by atoms with E-state index in [9.17, 15) is 24.5 Å². The van der Waals surface area contributed by atoms with Crippen LogP contribution in [0, 0.1) is 10.1 Å². The molecule has 0 saturated heterocycles. The van der Waals surface area contributed by atoms with Crippen LogP contribution in [0.3, 0.4) is 0 Å². The lowest BCUT2D eigenvalue weighted by Gasteiger charge is -2.13. The molecule has 1 aromatic carbocycles. The maximum atomic E-state index is 12.3. The number of amides is 1. The first kappa shape index (κ1) is 20.1. The number of nitrogens with zero attached hydrogens (tertiary/aromatic N) is 3. The minimum Gasteiger partial charge on any atom is -0.452 e. The molecule has 150 valence electrons. The lowest BCUT2D eigenvalue weighted by Crippen LogP contribution is -2.30. The average molecular weight is 416 g/mol. The van der Waals surface area contributed by atoms with Crippen LogP contribution in [-0.4, -0.2) is 32.5 Å². The summed E-state index contributed by atoms with van der Waals surface area (Å²) in [4.78, 5) is 51.4. The van der Waals surface area contributed by atoms with Gasteiger partial charge in [0.2, 0.25) is 0 Å². The quantitative estimate of drug-likeness (QED) is 0.355. The monoisotopic (exact) mass is 416 g/mol. The number of nitrogens with one attached hydrogen (secondary N) is 1. The standard InChI is InChI=1S/C18H16N4O6S/c1-11(16(24)20-12-3-2-4-13(9-12)22(26)27)28-15(23)5-7-21-10-19-17-14(18(21)25)6-8-29-17/h2-4,6,8-11H,5,7H2,1H3,(H,20,24).